The van der Waals surface area contributed by atoms with Crippen LogP contribution in [0.2, 0.25) is 0 Å². The Balaban J connectivity index is 2.39. The number of hydrogen-bond donors (Lipinski definition) is 0. The molecule has 1 rings (SSSR count). The fourth-order valence-electron chi connectivity index (χ4n) is 1.38. The highest BCUT2D eigenvalue weighted by atomic mass is 16.5. The van der Waals surface area contributed by atoms with Crippen LogP contribution in [0.15, 0.2) is 0 Å². The Hall–Kier alpha value is -0.570. The first-order valence-electron chi connectivity index (χ1n) is 3.93. The highest BCUT2D eigenvalue weighted by Gasteiger charge is 2.25. The largest absolute Gasteiger partial charge is 0.469 e. The van der Waals surface area contributed by atoms with Crippen LogP contribution in [0.3, 0.4) is 0 Å². The summed E-state index contributed by atoms with van der Waals surface area (Å²) in [5, 5.41) is 0. The van der Waals surface area contributed by atoms with E-state index in [1.807, 2.05) is 6.92 Å². The Morgan fingerprint density at radius 1 is 1.64 bits per heavy atom. The maximum absolute atomic E-state index is 11.0. The highest BCUT2D eigenvalue weighted by Crippen LogP contribution is 2.20. The van der Waals surface area contributed by atoms with Crippen molar-refractivity contribution in [1.29, 1.82) is 0 Å². The summed E-state index contributed by atoms with van der Waals surface area (Å²) < 4.78 is 9.94. The van der Waals surface area contributed by atoms with Crippen LogP contribution in [0, 0.1) is 5.92 Å². The number of methoxy groups -OCH3 is 1. The number of carbonyl (C=O) groups is 1. The van der Waals surface area contributed by atoms with Gasteiger partial charge in [0.25, 0.3) is 0 Å². The molecule has 0 N–H and O–H groups in total. The molecule has 1 heterocycles. The quantitative estimate of drug-likeness (QED) is 0.533. The Morgan fingerprint density at radius 2 is 2.36 bits per heavy atom. The van der Waals surface area contributed by atoms with Crippen molar-refractivity contribution in [2.24, 2.45) is 5.92 Å². The van der Waals surface area contributed by atoms with Crippen LogP contribution >= 0.6 is 0 Å². The van der Waals surface area contributed by atoms with Gasteiger partial charge in [-0.25, -0.2) is 0 Å². The summed E-state index contributed by atoms with van der Waals surface area (Å²) in [6.45, 7) is 2.66. The van der Waals surface area contributed by atoms with Crippen molar-refractivity contribution in [3.05, 3.63) is 0 Å². The summed E-state index contributed by atoms with van der Waals surface area (Å²) in [6, 6.07) is 0. The molecule has 3 nitrogen and oxygen atoms in total. The summed E-state index contributed by atoms with van der Waals surface area (Å²) in [7, 11) is 1.43. The smallest absolute Gasteiger partial charge is 0.308 e. The van der Waals surface area contributed by atoms with Crippen molar-refractivity contribution in [3.63, 3.8) is 0 Å². The lowest BCUT2D eigenvalue weighted by molar-refractivity contribution is -0.150. The third-order valence-corrected chi connectivity index (χ3v) is 2.02. The molecule has 64 valence electrons. The van der Waals surface area contributed by atoms with Crippen molar-refractivity contribution in [1.82, 2.24) is 0 Å². The van der Waals surface area contributed by atoms with Crippen molar-refractivity contribution >= 4 is 5.97 Å². The van der Waals surface area contributed by atoms with Gasteiger partial charge >= 0.3 is 5.97 Å². The molecule has 1 saturated heterocycles. The van der Waals surface area contributed by atoms with Crippen molar-refractivity contribution in [2.45, 2.75) is 25.9 Å². The monoisotopic (exact) mass is 158 g/mol. The molecule has 0 aromatic carbocycles. The average molecular weight is 158 g/mol. The minimum atomic E-state index is -0.0971. The van der Waals surface area contributed by atoms with Gasteiger partial charge < -0.3 is 9.47 Å². The predicted molar refractivity (Wildman–Crippen MR) is 40.2 cm³/mol. The molecule has 0 bridgehead atoms. The summed E-state index contributed by atoms with van der Waals surface area (Å²) in [5.41, 5.74) is 0. The van der Waals surface area contributed by atoms with Gasteiger partial charge in [0.2, 0.25) is 0 Å². The first-order chi connectivity index (χ1) is 5.24. The van der Waals surface area contributed by atoms with E-state index in [9.17, 15) is 4.79 Å². The highest BCUT2D eigenvalue weighted by molar-refractivity contribution is 5.72. The Kier molecular flexibility index (Phi) is 2.88. The zero-order valence-electron chi connectivity index (χ0n) is 7.00. The molecule has 0 amide bonds. The van der Waals surface area contributed by atoms with Gasteiger partial charge in [-0.15, -0.1) is 0 Å². The summed E-state index contributed by atoms with van der Waals surface area (Å²) in [5.74, 6) is -0.0381. The average Bonchev–Trinajstić information content (AvgIpc) is 2.03. The van der Waals surface area contributed by atoms with Crippen LogP contribution in [0.4, 0.5) is 0 Å². The van der Waals surface area contributed by atoms with E-state index < -0.39 is 0 Å². The molecule has 0 aliphatic carbocycles. The molecule has 3 heteroatoms. The zero-order chi connectivity index (χ0) is 8.27. The van der Waals surface area contributed by atoms with Gasteiger partial charge in [0.1, 0.15) is 0 Å². The number of ether oxygens (including phenoxy) is 2. The van der Waals surface area contributed by atoms with Crippen molar-refractivity contribution in [3.8, 4) is 0 Å². The lowest BCUT2D eigenvalue weighted by Gasteiger charge is -2.24. The van der Waals surface area contributed by atoms with Crippen LogP contribution in [-0.2, 0) is 14.3 Å². The van der Waals surface area contributed by atoms with Gasteiger partial charge in [0, 0.05) is 6.61 Å². The summed E-state index contributed by atoms with van der Waals surface area (Å²) >= 11 is 0. The molecule has 1 aliphatic rings. The SMILES string of the molecule is COC(=O)C1CCOC(C)C1. The molecular formula is C8H14O3. The van der Waals surface area contributed by atoms with Gasteiger partial charge in [-0.1, -0.05) is 0 Å². The van der Waals surface area contributed by atoms with Crippen LogP contribution in [0.25, 0.3) is 0 Å². The van der Waals surface area contributed by atoms with Gasteiger partial charge in [-0.2, -0.15) is 0 Å². The van der Waals surface area contributed by atoms with E-state index in [-0.39, 0.29) is 18.0 Å². The fourth-order valence-corrected chi connectivity index (χ4v) is 1.38. The minimum absolute atomic E-state index is 0.0590. The number of carbonyl (C=O) groups excluding carboxylic acids is 1. The van der Waals surface area contributed by atoms with Gasteiger partial charge in [-0.05, 0) is 19.8 Å². The fraction of sp³-hybridized carbons (Fsp3) is 0.875. The van der Waals surface area contributed by atoms with Crippen molar-refractivity contribution in [2.75, 3.05) is 13.7 Å². The zero-order valence-corrected chi connectivity index (χ0v) is 7.00. The van der Waals surface area contributed by atoms with Crippen LogP contribution in [-0.4, -0.2) is 25.8 Å². The summed E-state index contributed by atoms with van der Waals surface area (Å²) in [4.78, 5) is 11.0. The molecule has 2 atom stereocenters. The number of esters is 1. The first kappa shape index (κ1) is 8.53. The molecule has 0 spiro atoms. The second kappa shape index (κ2) is 3.72. The second-order valence-electron chi connectivity index (χ2n) is 2.93. The lowest BCUT2D eigenvalue weighted by Crippen LogP contribution is -2.29. The van der Waals surface area contributed by atoms with E-state index >= 15 is 0 Å². The third-order valence-electron chi connectivity index (χ3n) is 2.02. The molecule has 2 unspecified atom stereocenters. The van der Waals surface area contributed by atoms with E-state index in [1.54, 1.807) is 0 Å². The minimum Gasteiger partial charge on any atom is -0.469 e. The number of hydrogen-bond acceptors (Lipinski definition) is 3. The third kappa shape index (κ3) is 2.19. The Bertz CT molecular complexity index is 144. The van der Waals surface area contributed by atoms with Crippen LogP contribution in [0.1, 0.15) is 19.8 Å². The molecular weight excluding hydrogens is 144 g/mol. The molecule has 0 radical (unpaired) electrons. The molecule has 1 aliphatic heterocycles. The molecule has 1 fully saturated rings. The van der Waals surface area contributed by atoms with Gasteiger partial charge in [0.05, 0.1) is 19.1 Å². The normalized spacial score (nSPS) is 31.5. The van der Waals surface area contributed by atoms with E-state index in [4.69, 9.17) is 4.74 Å². The Morgan fingerprint density at radius 3 is 2.91 bits per heavy atom. The van der Waals surface area contributed by atoms with E-state index in [2.05, 4.69) is 4.74 Å². The lowest BCUT2D eigenvalue weighted by atomic mass is 9.97. The molecule has 0 saturated carbocycles. The molecule has 0 aromatic heterocycles. The second-order valence-corrected chi connectivity index (χ2v) is 2.93. The summed E-state index contributed by atoms with van der Waals surface area (Å²) in [6.07, 6.45) is 1.80. The maximum Gasteiger partial charge on any atom is 0.308 e. The standard InChI is InChI=1S/C8H14O3/c1-6-5-7(3-4-11-6)8(9)10-2/h6-7H,3-5H2,1-2H3. The molecule has 11 heavy (non-hydrogen) atoms. The predicted octanol–water partition coefficient (Wildman–Crippen LogP) is 0.974. The van der Waals surface area contributed by atoms with Crippen molar-refractivity contribution < 1.29 is 14.3 Å². The first-order valence-corrected chi connectivity index (χ1v) is 3.93. The molecule has 0 aromatic rings. The van der Waals surface area contributed by atoms with Crippen LogP contribution in [0.5, 0.6) is 0 Å². The van der Waals surface area contributed by atoms with E-state index in [0.717, 1.165) is 12.8 Å². The van der Waals surface area contributed by atoms with Gasteiger partial charge in [-0.3, -0.25) is 4.79 Å². The maximum atomic E-state index is 11.0. The topological polar surface area (TPSA) is 35.5 Å². The Labute approximate surface area is 66.7 Å². The van der Waals surface area contributed by atoms with E-state index in [1.165, 1.54) is 7.11 Å². The number of rotatable bonds is 1. The van der Waals surface area contributed by atoms with Crippen LogP contribution < -0.4 is 0 Å². The van der Waals surface area contributed by atoms with E-state index in [0.29, 0.717) is 6.61 Å². The van der Waals surface area contributed by atoms with Gasteiger partial charge in [0.15, 0.2) is 0 Å².